The molecule has 2 N–H and O–H groups in total. The molecule has 2 amide bonds. The molecular weight excluding hydrogens is 476 g/mol. The molecule has 1 fully saturated rings. The van der Waals surface area contributed by atoms with Gasteiger partial charge in [-0.25, -0.2) is 0 Å². The number of hydrogen-bond acceptors (Lipinski definition) is 6. The lowest BCUT2D eigenvalue weighted by Crippen LogP contribution is -2.44. The van der Waals surface area contributed by atoms with Gasteiger partial charge in [0.1, 0.15) is 11.5 Å². The van der Waals surface area contributed by atoms with Crippen molar-refractivity contribution in [3.63, 3.8) is 0 Å². The monoisotopic (exact) mass is 506 g/mol. The Balaban J connectivity index is 0.000000244. The van der Waals surface area contributed by atoms with Crippen molar-refractivity contribution in [2.24, 2.45) is 0 Å². The first-order valence-corrected chi connectivity index (χ1v) is 11.0. The van der Waals surface area contributed by atoms with E-state index in [-0.39, 0.29) is 11.8 Å². The zero-order valence-corrected chi connectivity index (χ0v) is 20.8. The molecule has 0 spiro atoms. The van der Waals surface area contributed by atoms with Crippen LogP contribution in [0.15, 0.2) is 40.9 Å². The first kappa shape index (κ1) is 25.5. The summed E-state index contributed by atoms with van der Waals surface area (Å²) in [7, 11) is 5.30. The van der Waals surface area contributed by atoms with Crippen molar-refractivity contribution in [2.75, 3.05) is 63.0 Å². The minimum Gasteiger partial charge on any atom is -0.495 e. The average Bonchev–Trinajstić information content (AvgIpc) is 2.74. The fourth-order valence-corrected chi connectivity index (χ4v) is 3.57. The van der Waals surface area contributed by atoms with E-state index in [1.165, 1.54) is 13.8 Å². The van der Waals surface area contributed by atoms with Gasteiger partial charge in [-0.3, -0.25) is 9.59 Å². The van der Waals surface area contributed by atoms with Gasteiger partial charge in [0.25, 0.3) is 0 Å². The SMILES string of the molecule is COc1ccc(Br)cc1NC(C)=O.COc1ccc(N2CCN(C)CC2)cc1NC(C)=O. The summed E-state index contributed by atoms with van der Waals surface area (Å²) in [4.78, 5) is 26.7. The van der Waals surface area contributed by atoms with Crippen molar-refractivity contribution >= 4 is 44.8 Å². The predicted octanol–water partition coefficient (Wildman–Crippen LogP) is 3.82. The molecule has 0 aliphatic carbocycles. The summed E-state index contributed by atoms with van der Waals surface area (Å²) in [6.07, 6.45) is 0. The van der Waals surface area contributed by atoms with Gasteiger partial charge in [-0.15, -0.1) is 0 Å². The van der Waals surface area contributed by atoms with Crippen molar-refractivity contribution in [2.45, 2.75) is 13.8 Å². The van der Waals surface area contributed by atoms with E-state index in [9.17, 15) is 9.59 Å². The highest BCUT2D eigenvalue weighted by atomic mass is 79.9. The van der Waals surface area contributed by atoms with Crippen LogP contribution in [0.5, 0.6) is 11.5 Å². The highest BCUT2D eigenvalue weighted by molar-refractivity contribution is 9.10. The van der Waals surface area contributed by atoms with Gasteiger partial charge in [-0.2, -0.15) is 0 Å². The molecule has 3 rings (SSSR count). The van der Waals surface area contributed by atoms with Crippen LogP contribution in [0.4, 0.5) is 17.1 Å². The summed E-state index contributed by atoms with van der Waals surface area (Å²) in [5.41, 5.74) is 2.52. The molecule has 9 heteroatoms. The van der Waals surface area contributed by atoms with E-state index < -0.39 is 0 Å². The molecule has 1 saturated heterocycles. The molecule has 2 aromatic carbocycles. The van der Waals surface area contributed by atoms with Gasteiger partial charge in [-0.1, -0.05) is 15.9 Å². The molecule has 0 radical (unpaired) electrons. The van der Waals surface area contributed by atoms with Gasteiger partial charge in [0.05, 0.1) is 25.6 Å². The van der Waals surface area contributed by atoms with Gasteiger partial charge in [0.15, 0.2) is 0 Å². The standard InChI is InChI=1S/C14H21N3O2.C9H10BrNO2/c1-11(18)15-13-10-12(4-5-14(13)19-3)17-8-6-16(2)7-9-17;1-6(12)11-8-5-7(10)3-4-9(8)13-2/h4-5,10H,6-9H2,1-3H3,(H,15,18);3-5H,1-2H3,(H,11,12). The fourth-order valence-electron chi connectivity index (χ4n) is 3.21. The number of carbonyl (C=O) groups is 2. The molecule has 1 aliphatic rings. The maximum absolute atomic E-state index is 11.2. The maximum Gasteiger partial charge on any atom is 0.221 e. The summed E-state index contributed by atoms with van der Waals surface area (Å²) in [6, 6.07) is 11.3. The van der Waals surface area contributed by atoms with Gasteiger partial charge >= 0.3 is 0 Å². The maximum atomic E-state index is 11.2. The van der Waals surface area contributed by atoms with Crippen LogP contribution in [0.25, 0.3) is 0 Å². The number of piperazine rings is 1. The van der Waals surface area contributed by atoms with Crippen LogP contribution in [-0.4, -0.2) is 64.2 Å². The number of amides is 2. The Morgan fingerprint density at radius 3 is 1.84 bits per heavy atom. The number of benzene rings is 2. The van der Waals surface area contributed by atoms with Crippen LogP contribution in [0.2, 0.25) is 0 Å². The number of nitrogens with one attached hydrogen (secondary N) is 2. The topological polar surface area (TPSA) is 83.1 Å². The smallest absolute Gasteiger partial charge is 0.221 e. The second kappa shape index (κ2) is 12.3. The van der Waals surface area contributed by atoms with Crippen LogP contribution in [0.3, 0.4) is 0 Å². The summed E-state index contributed by atoms with van der Waals surface area (Å²) in [6.45, 7) is 7.08. The van der Waals surface area contributed by atoms with E-state index in [0.717, 1.165) is 42.0 Å². The Morgan fingerprint density at radius 1 is 0.844 bits per heavy atom. The molecule has 1 aliphatic heterocycles. The third-order valence-corrected chi connectivity index (χ3v) is 5.33. The van der Waals surface area contributed by atoms with E-state index in [1.54, 1.807) is 26.4 Å². The molecule has 0 unspecified atom stereocenters. The molecule has 0 atom stereocenters. The number of ether oxygens (including phenoxy) is 2. The third-order valence-electron chi connectivity index (χ3n) is 4.83. The predicted molar refractivity (Wildman–Crippen MR) is 132 cm³/mol. The third kappa shape index (κ3) is 7.72. The number of anilines is 3. The quantitative estimate of drug-likeness (QED) is 0.641. The minimum absolute atomic E-state index is 0.0890. The first-order valence-electron chi connectivity index (χ1n) is 10.2. The van der Waals surface area contributed by atoms with E-state index >= 15 is 0 Å². The lowest BCUT2D eigenvalue weighted by molar-refractivity contribution is -0.115. The van der Waals surface area contributed by atoms with Crippen molar-refractivity contribution in [3.05, 3.63) is 40.9 Å². The molecule has 174 valence electrons. The van der Waals surface area contributed by atoms with E-state index in [0.29, 0.717) is 17.2 Å². The number of halogens is 1. The van der Waals surface area contributed by atoms with Crippen molar-refractivity contribution in [1.82, 2.24) is 4.90 Å². The van der Waals surface area contributed by atoms with Crippen LogP contribution in [0, 0.1) is 0 Å². The molecule has 0 saturated carbocycles. The number of nitrogens with zero attached hydrogens (tertiary/aromatic N) is 2. The van der Waals surface area contributed by atoms with Crippen LogP contribution < -0.4 is 25.0 Å². The second-order valence-electron chi connectivity index (χ2n) is 7.38. The molecule has 1 heterocycles. The van der Waals surface area contributed by atoms with E-state index in [4.69, 9.17) is 9.47 Å². The van der Waals surface area contributed by atoms with Gasteiger partial charge in [0.2, 0.25) is 11.8 Å². The average molecular weight is 507 g/mol. The van der Waals surface area contributed by atoms with Gasteiger partial charge in [-0.05, 0) is 43.4 Å². The second-order valence-corrected chi connectivity index (χ2v) is 8.30. The molecule has 0 bridgehead atoms. The zero-order valence-electron chi connectivity index (χ0n) is 19.2. The Bertz CT molecular complexity index is 930. The highest BCUT2D eigenvalue weighted by Gasteiger charge is 2.16. The molecule has 32 heavy (non-hydrogen) atoms. The normalized spacial score (nSPS) is 13.5. The molecule has 8 nitrogen and oxygen atoms in total. The van der Waals surface area contributed by atoms with Crippen molar-refractivity contribution in [3.8, 4) is 11.5 Å². The van der Waals surface area contributed by atoms with Gasteiger partial charge < -0.3 is 29.9 Å². The Morgan fingerprint density at radius 2 is 1.34 bits per heavy atom. The summed E-state index contributed by atoms with van der Waals surface area (Å²) >= 11 is 3.31. The Labute approximate surface area is 198 Å². The number of hydrogen-bond donors (Lipinski definition) is 2. The molecule has 0 aromatic heterocycles. The summed E-state index contributed by atoms with van der Waals surface area (Å²) < 4.78 is 11.2. The summed E-state index contributed by atoms with van der Waals surface area (Å²) in [5.74, 6) is 1.14. The zero-order chi connectivity index (χ0) is 23.7. The minimum atomic E-state index is -0.114. The largest absolute Gasteiger partial charge is 0.495 e. The lowest BCUT2D eigenvalue weighted by atomic mass is 10.2. The van der Waals surface area contributed by atoms with Crippen LogP contribution in [0.1, 0.15) is 13.8 Å². The van der Waals surface area contributed by atoms with Crippen LogP contribution in [-0.2, 0) is 9.59 Å². The van der Waals surface area contributed by atoms with Crippen molar-refractivity contribution in [1.29, 1.82) is 0 Å². The van der Waals surface area contributed by atoms with Crippen LogP contribution >= 0.6 is 15.9 Å². The Kier molecular flexibility index (Phi) is 9.80. The highest BCUT2D eigenvalue weighted by Crippen LogP contribution is 2.30. The van der Waals surface area contributed by atoms with Gasteiger partial charge in [0, 0.05) is 50.2 Å². The van der Waals surface area contributed by atoms with E-state index in [2.05, 4.69) is 43.4 Å². The number of rotatable bonds is 5. The number of methoxy groups -OCH3 is 2. The first-order chi connectivity index (χ1) is 15.2. The molecule has 2 aromatic rings. The van der Waals surface area contributed by atoms with Crippen molar-refractivity contribution < 1.29 is 19.1 Å². The van der Waals surface area contributed by atoms with E-state index in [1.807, 2.05) is 24.3 Å². The number of carbonyl (C=O) groups excluding carboxylic acids is 2. The number of likely N-dealkylation sites (N-methyl/N-ethyl adjacent to an activating group) is 1. The lowest BCUT2D eigenvalue weighted by Gasteiger charge is -2.34. The Hall–Kier alpha value is -2.78. The molecular formula is C23H31BrN4O4. The summed E-state index contributed by atoms with van der Waals surface area (Å²) in [5, 5.41) is 5.48. The fraction of sp³-hybridized carbons (Fsp3) is 0.391.